The molecule has 3 heterocycles. The molecule has 2 unspecified atom stereocenters. The molecule has 47 heavy (non-hydrogen) atoms. The smallest absolute Gasteiger partial charge is 0.137 e. The number of hydrogen-bond donors (Lipinski definition) is 3. The molecule has 2 aromatic heterocycles. The summed E-state index contributed by atoms with van der Waals surface area (Å²) >= 11 is 0. The first-order valence-corrected chi connectivity index (χ1v) is 16.2. The quantitative estimate of drug-likeness (QED) is 0.183. The zero-order valence-corrected chi connectivity index (χ0v) is 25.7. The summed E-state index contributed by atoms with van der Waals surface area (Å²) in [5.41, 5.74) is 8.17. The van der Waals surface area contributed by atoms with Gasteiger partial charge in [-0.1, -0.05) is 133 Å². The monoisotopic (exact) mass is 607 g/mol. The molecule has 5 heteroatoms. The molecule has 0 spiro atoms. The average molecular weight is 608 g/mol. The zero-order valence-electron chi connectivity index (χ0n) is 25.7. The van der Waals surface area contributed by atoms with Gasteiger partial charge in [-0.05, 0) is 57.3 Å². The predicted molar refractivity (Wildman–Crippen MR) is 192 cm³/mol. The SMILES string of the molecule is c1ccc(-c2ccc3c(c2)c2c4ccccc4ccc2n3-c2ccc(C3NC(c4ccccc4)NC(c4ccccc4)N3)cn2)cc1. The molecule has 0 saturated carbocycles. The van der Waals surface area contributed by atoms with Gasteiger partial charge < -0.3 is 0 Å². The molecule has 226 valence electrons. The summed E-state index contributed by atoms with van der Waals surface area (Å²) < 4.78 is 2.30. The van der Waals surface area contributed by atoms with Crippen molar-refractivity contribution in [1.82, 2.24) is 25.5 Å². The normalized spacial score (nSPS) is 18.2. The zero-order chi connectivity index (χ0) is 31.2. The van der Waals surface area contributed by atoms with Gasteiger partial charge in [-0.3, -0.25) is 20.5 Å². The lowest BCUT2D eigenvalue weighted by molar-refractivity contribution is 0.203. The second kappa shape index (κ2) is 11.6. The van der Waals surface area contributed by atoms with Crippen LogP contribution in [0.1, 0.15) is 35.2 Å². The summed E-state index contributed by atoms with van der Waals surface area (Å²) in [5.74, 6) is 0.893. The fraction of sp³-hybridized carbons (Fsp3) is 0.0714. The lowest BCUT2D eigenvalue weighted by Crippen LogP contribution is -2.54. The Labute approximate surface area is 273 Å². The maximum Gasteiger partial charge on any atom is 0.137 e. The first kappa shape index (κ1) is 27.7. The van der Waals surface area contributed by atoms with E-state index in [4.69, 9.17) is 4.98 Å². The van der Waals surface area contributed by atoms with Crippen LogP contribution in [0.25, 0.3) is 49.5 Å². The fourth-order valence-electron chi connectivity index (χ4n) is 7.06. The molecule has 1 aliphatic rings. The van der Waals surface area contributed by atoms with Gasteiger partial charge in [0.15, 0.2) is 0 Å². The molecular formula is C42H33N5. The molecule has 2 atom stereocenters. The Hall–Kier alpha value is -5.59. The Kier molecular flexibility index (Phi) is 6.86. The number of nitrogens with zero attached hydrogens (tertiary/aromatic N) is 2. The molecule has 0 amide bonds. The predicted octanol–water partition coefficient (Wildman–Crippen LogP) is 9.18. The highest BCUT2D eigenvalue weighted by Gasteiger charge is 2.29. The number of nitrogens with one attached hydrogen (secondary N) is 3. The van der Waals surface area contributed by atoms with E-state index in [0.717, 1.165) is 22.4 Å². The molecule has 1 aliphatic heterocycles. The molecule has 0 bridgehead atoms. The third-order valence-electron chi connectivity index (χ3n) is 9.36. The minimum absolute atomic E-state index is 0.0308. The van der Waals surface area contributed by atoms with Gasteiger partial charge in [0, 0.05) is 22.5 Å². The standard InChI is InChI=1S/C42H33N5/c1-4-12-28(13-5-1)32-21-23-36-35(26-32)39-34-19-11-10-14-29(34)20-24-37(39)47(36)38-25-22-33(27-43-38)42-45-40(30-15-6-2-7-16-30)44-41(46-42)31-17-8-3-9-18-31/h1-27,40-42,44-46H. The Morgan fingerprint density at radius 1 is 0.447 bits per heavy atom. The minimum atomic E-state index is -0.108. The summed E-state index contributed by atoms with van der Waals surface area (Å²) in [6.45, 7) is 0. The highest BCUT2D eigenvalue weighted by atomic mass is 15.4. The van der Waals surface area contributed by atoms with Crippen molar-refractivity contribution < 1.29 is 0 Å². The number of fused-ring (bicyclic) bond motifs is 5. The number of hydrogen-bond acceptors (Lipinski definition) is 4. The van der Waals surface area contributed by atoms with Crippen LogP contribution in [-0.2, 0) is 0 Å². The van der Waals surface area contributed by atoms with Gasteiger partial charge in [-0.15, -0.1) is 0 Å². The van der Waals surface area contributed by atoms with Crippen molar-refractivity contribution in [3.63, 3.8) is 0 Å². The van der Waals surface area contributed by atoms with Crippen molar-refractivity contribution >= 4 is 32.6 Å². The highest BCUT2D eigenvalue weighted by Crippen LogP contribution is 2.38. The number of aromatic nitrogens is 2. The van der Waals surface area contributed by atoms with Gasteiger partial charge in [-0.25, -0.2) is 4.98 Å². The van der Waals surface area contributed by atoms with Crippen LogP contribution in [0.5, 0.6) is 0 Å². The van der Waals surface area contributed by atoms with Crippen molar-refractivity contribution in [2.45, 2.75) is 18.5 Å². The van der Waals surface area contributed by atoms with Crippen molar-refractivity contribution in [2.24, 2.45) is 0 Å². The van der Waals surface area contributed by atoms with Crippen molar-refractivity contribution in [1.29, 1.82) is 0 Å². The van der Waals surface area contributed by atoms with Crippen LogP contribution in [-0.4, -0.2) is 9.55 Å². The molecule has 9 rings (SSSR count). The van der Waals surface area contributed by atoms with Gasteiger partial charge in [0.05, 0.1) is 29.5 Å². The lowest BCUT2D eigenvalue weighted by Gasteiger charge is -2.39. The van der Waals surface area contributed by atoms with Crippen molar-refractivity contribution in [3.05, 3.63) is 181 Å². The maximum atomic E-state index is 5.12. The number of rotatable bonds is 5. The van der Waals surface area contributed by atoms with E-state index in [1.807, 2.05) is 6.20 Å². The first-order valence-electron chi connectivity index (χ1n) is 16.2. The Bertz CT molecular complexity index is 2280. The van der Waals surface area contributed by atoms with E-state index in [1.54, 1.807) is 0 Å². The third kappa shape index (κ3) is 4.98. The molecule has 3 N–H and O–H groups in total. The van der Waals surface area contributed by atoms with E-state index in [1.165, 1.54) is 43.8 Å². The molecule has 1 saturated heterocycles. The number of benzene rings is 6. The van der Waals surface area contributed by atoms with Gasteiger partial charge in [-0.2, -0.15) is 0 Å². The summed E-state index contributed by atoms with van der Waals surface area (Å²) in [6.07, 6.45) is 1.84. The van der Waals surface area contributed by atoms with Crippen molar-refractivity contribution in [2.75, 3.05) is 0 Å². The van der Waals surface area contributed by atoms with Crippen LogP contribution in [0.4, 0.5) is 0 Å². The molecule has 8 aromatic rings. The fourth-order valence-corrected chi connectivity index (χ4v) is 7.06. The lowest BCUT2D eigenvalue weighted by atomic mass is 10.0. The van der Waals surface area contributed by atoms with Crippen LogP contribution >= 0.6 is 0 Å². The van der Waals surface area contributed by atoms with E-state index in [-0.39, 0.29) is 18.5 Å². The second-order valence-corrected chi connectivity index (χ2v) is 12.2. The largest absolute Gasteiger partial charge is 0.294 e. The van der Waals surface area contributed by atoms with E-state index in [0.29, 0.717) is 0 Å². The third-order valence-corrected chi connectivity index (χ3v) is 9.36. The van der Waals surface area contributed by atoms with Crippen LogP contribution in [0.2, 0.25) is 0 Å². The van der Waals surface area contributed by atoms with Crippen molar-refractivity contribution in [3.8, 4) is 16.9 Å². The highest BCUT2D eigenvalue weighted by molar-refractivity contribution is 6.21. The molecule has 0 radical (unpaired) electrons. The molecule has 5 nitrogen and oxygen atoms in total. The average Bonchev–Trinajstić information content (AvgIpc) is 3.50. The molecule has 6 aromatic carbocycles. The van der Waals surface area contributed by atoms with Gasteiger partial charge in [0.25, 0.3) is 0 Å². The topological polar surface area (TPSA) is 53.9 Å². The minimum Gasteiger partial charge on any atom is -0.294 e. The Balaban J connectivity index is 1.14. The summed E-state index contributed by atoms with van der Waals surface area (Å²) in [4.78, 5) is 5.12. The van der Waals surface area contributed by atoms with E-state index >= 15 is 0 Å². The molecule has 0 aliphatic carbocycles. The Morgan fingerprint density at radius 2 is 1.04 bits per heavy atom. The van der Waals surface area contributed by atoms with Gasteiger partial charge >= 0.3 is 0 Å². The van der Waals surface area contributed by atoms with Crippen LogP contribution < -0.4 is 16.0 Å². The van der Waals surface area contributed by atoms with E-state index in [9.17, 15) is 0 Å². The summed E-state index contributed by atoms with van der Waals surface area (Å²) in [5, 5.41) is 16.2. The van der Waals surface area contributed by atoms with E-state index < -0.39 is 0 Å². The van der Waals surface area contributed by atoms with E-state index in [2.05, 4.69) is 178 Å². The summed E-state index contributed by atoms with van der Waals surface area (Å²) in [6, 6.07) is 55.9. The maximum absolute atomic E-state index is 5.12. The number of pyridine rings is 1. The molecular weight excluding hydrogens is 574 g/mol. The first-order chi connectivity index (χ1) is 23.3. The molecule has 1 fully saturated rings. The van der Waals surface area contributed by atoms with Gasteiger partial charge in [0.1, 0.15) is 5.82 Å². The van der Waals surface area contributed by atoms with Crippen LogP contribution in [0, 0.1) is 0 Å². The van der Waals surface area contributed by atoms with Crippen LogP contribution in [0.15, 0.2) is 164 Å². The Morgan fingerprint density at radius 3 is 1.70 bits per heavy atom. The van der Waals surface area contributed by atoms with Gasteiger partial charge in [0.2, 0.25) is 0 Å². The van der Waals surface area contributed by atoms with Crippen LogP contribution in [0.3, 0.4) is 0 Å². The summed E-state index contributed by atoms with van der Waals surface area (Å²) in [7, 11) is 0. The second-order valence-electron chi connectivity index (χ2n) is 12.2.